The van der Waals surface area contributed by atoms with E-state index >= 15 is 0 Å². The lowest BCUT2D eigenvalue weighted by molar-refractivity contribution is -0.139. The van der Waals surface area contributed by atoms with E-state index in [1.54, 1.807) is 24.3 Å². The third-order valence-electron chi connectivity index (χ3n) is 4.18. The number of benzene rings is 1. The summed E-state index contributed by atoms with van der Waals surface area (Å²) >= 11 is 0. The van der Waals surface area contributed by atoms with Gasteiger partial charge in [-0.25, -0.2) is 0 Å². The van der Waals surface area contributed by atoms with Crippen molar-refractivity contribution in [2.75, 3.05) is 27.2 Å². The van der Waals surface area contributed by atoms with Crippen LogP contribution in [0.2, 0.25) is 0 Å². The number of carbonyl (C=O) groups excluding carboxylic acids is 3. The van der Waals surface area contributed by atoms with Crippen LogP contribution in [-0.2, 0) is 16.1 Å². The van der Waals surface area contributed by atoms with Gasteiger partial charge in [-0.2, -0.15) is 0 Å². The molecule has 0 aromatic heterocycles. The molecule has 6 heteroatoms. The first-order valence-corrected chi connectivity index (χ1v) is 8.53. The smallest absolute Gasteiger partial charge is 0.251 e. The normalized spacial score (nSPS) is 15.2. The van der Waals surface area contributed by atoms with E-state index in [1.165, 1.54) is 4.90 Å². The summed E-state index contributed by atoms with van der Waals surface area (Å²) in [6, 6.07) is 7.04. The largest absolute Gasteiger partial charge is 0.351 e. The highest BCUT2D eigenvalue weighted by Crippen LogP contribution is 2.17. The van der Waals surface area contributed by atoms with E-state index in [0.29, 0.717) is 24.9 Å². The van der Waals surface area contributed by atoms with E-state index in [2.05, 4.69) is 24.1 Å². The van der Waals surface area contributed by atoms with E-state index in [0.717, 1.165) is 12.1 Å². The second kappa shape index (κ2) is 7.78. The van der Waals surface area contributed by atoms with Gasteiger partial charge in [0.1, 0.15) is 0 Å². The Balaban J connectivity index is 1.92. The van der Waals surface area contributed by atoms with Gasteiger partial charge in [-0.15, -0.1) is 0 Å². The van der Waals surface area contributed by atoms with Crippen molar-refractivity contribution < 1.29 is 14.4 Å². The van der Waals surface area contributed by atoms with Crippen molar-refractivity contribution in [3.63, 3.8) is 0 Å². The molecular weight excluding hydrogens is 318 g/mol. The van der Waals surface area contributed by atoms with E-state index in [9.17, 15) is 14.4 Å². The summed E-state index contributed by atoms with van der Waals surface area (Å²) in [7, 11) is 4.02. The van der Waals surface area contributed by atoms with Crippen molar-refractivity contribution in [3.05, 3.63) is 35.4 Å². The molecule has 0 unspecified atom stereocenters. The molecule has 1 fully saturated rings. The Labute approximate surface area is 149 Å². The molecular formula is C19H27N3O3. The monoisotopic (exact) mass is 345 g/mol. The van der Waals surface area contributed by atoms with Crippen LogP contribution in [-0.4, -0.2) is 54.7 Å². The van der Waals surface area contributed by atoms with Crippen LogP contribution in [0.3, 0.4) is 0 Å². The average Bonchev–Trinajstić information content (AvgIpc) is 2.84. The maximum Gasteiger partial charge on any atom is 0.251 e. The van der Waals surface area contributed by atoms with Gasteiger partial charge < -0.3 is 10.2 Å². The third-order valence-corrected chi connectivity index (χ3v) is 4.18. The molecule has 2 rings (SSSR count). The number of hydrogen-bond donors (Lipinski definition) is 1. The Morgan fingerprint density at radius 2 is 1.68 bits per heavy atom. The molecule has 0 radical (unpaired) electrons. The molecule has 0 aliphatic carbocycles. The standard InChI is InChI=1S/C19H27N3O3/c1-19(2,13-21(3)4)12-20-18(25)15-7-5-14(6-8-15)11-22-16(23)9-10-17(22)24/h5-8H,9-13H2,1-4H3,(H,20,25). The molecule has 1 aromatic rings. The number of amides is 3. The molecule has 0 spiro atoms. The first-order chi connectivity index (χ1) is 11.7. The Kier molecular flexibility index (Phi) is 5.95. The van der Waals surface area contributed by atoms with Gasteiger partial charge in [-0.1, -0.05) is 26.0 Å². The Hall–Kier alpha value is -2.21. The predicted molar refractivity (Wildman–Crippen MR) is 95.9 cm³/mol. The predicted octanol–water partition coefficient (Wildman–Crippen LogP) is 1.65. The fourth-order valence-corrected chi connectivity index (χ4v) is 3.08. The Bertz CT molecular complexity index is 634. The number of nitrogens with one attached hydrogen (secondary N) is 1. The minimum absolute atomic E-state index is 0.0183. The van der Waals surface area contributed by atoms with Crippen molar-refractivity contribution in [3.8, 4) is 0 Å². The molecule has 1 aromatic carbocycles. The lowest BCUT2D eigenvalue weighted by Gasteiger charge is -2.28. The fraction of sp³-hybridized carbons (Fsp3) is 0.526. The highest BCUT2D eigenvalue weighted by atomic mass is 16.2. The van der Waals surface area contributed by atoms with Gasteiger partial charge in [-0.05, 0) is 37.2 Å². The first-order valence-electron chi connectivity index (χ1n) is 8.53. The van der Waals surface area contributed by atoms with Crippen molar-refractivity contribution in [1.82, 2.24) is 15.1 Å². The molecule has 1 N–H and O–H groups in total. The summed E-state index contributed by atoms with van der Waals surface area (Å²) in [5, 5.41) is 2.97. The molecule has 1 saturated heterocycles. The number of rotatable bonds is 7. The SMILES string of the molecule is CN(C)CC(C)(C)CNC(=O)c1ccc(CN2C(=O)CCC2=O)cc1. The van der Waals surface area contributed by atoms with E-state index in [1.807, 2.05) is 14.1 Å². The van der Waals surface area contributed by atoms with E-state index in [-0.39, 0.29) is 29.7 Å². The highest BCUT2D eigenvalue weighted by Gasteiger charge is 2.28. The molecule has 1 aliphatic rings. The first kappa shape index (κ1) is 19.1. The lowest BCUT2D eigenvalue weighted by atomic mass is 9.93. The molecule has 1 aliphatic heterocycles. The zero-order chi connectivity index (χ0) is 18.6. The lowest BCUT2D eigenvalue weighted by Crippen LogP contribution is -2.39. The summed E-state index contributed by atoms with van der Waals surface area (Å²) in [5.74, 6) is -0.378. The van der Waals surface area contributed by atoms with Crippen LogP contribution in [0.25, 0.3) is 0 Å². The van der Waals surface area contributed by atoms with Crippen molar-refractivity contribution in [1.29, 1.82) is 0 Å². The Morgan fingerprint density at radius 1 is 1.12 bits per heavy atom. The van der Waals surface area contributed by atoms with Gasteiger partial charge in [0, 0.05) is 31.5 Å². The minimum atomic E-state index is -0.130. The molecule has 0 saturated carbocycles. The van der Waals surface area contributed by atoms with E-state index in [4.69, 9.17) is 0 Å². The molecule has 3 amide bonds. The second-order valence-corrected chi connectivity index (χ2v) is 7.66. The zero-order valence-corrected chi connectivity index (χ0v) is 15.5. The van der Waals surface area contributed by atoms with Gasteiger partial charge in [0.15, 0.2) is 0 Å². The summed E-state index contributed by atoms with van der Waals surface area (Å²) in [4.78, 5) is 39.0. The zero-order valence-electron chi connectivity index (χ0n) is 15.5. The van der Waals surface area contributed by atoms with Crippen molar-refractivity contribution in [2.45, 2.75) is 33.2 Å². The average molecular weight is 345 g/mol. The molecule has 136 valence electrons. The minimum Gasteiger partial charge on any atom is -0.351 e. The van der Waals surface area contributed by atoms with Crippen LogP contribution in [0.4, 0.5) is 0 Å². The molecule has 1 heterocycles. The van der Waals surface area contributed by atoms with Crippen LogP contribution >= 0.6 is 0 Å². The maximum atomic E-state index is 12.3. The van der Waals surface area contributed by atoms with Crippen LogP contribution in [0.1, 0.15) is 42.6 Å². The number of nitrogens with zero attached hydrogens (tertiary/aromatic N) is 2. The summed E-state index contributed by atoms with van der Waals surface area (Å²) in [5.41, 5.74) is 1.40. The maximum absolute atomic E-state index is 12.3. The van der Waals surface area contributed by atoms with Gasteiger partial charge in [0.05, 0.1) is 6.54 Å². The number of imide groups is 1. The molecule has 0 atom stereocenters. The van der Waals surface area contributed by atoms with E-state index < -0.39 is 0 Å². The molecule has 6 nitrogen and oxygen atoms in total. The van der Waals surface area contributed by atoms with Gasteiger partial charge in [0.2, 0.25) is 11.8 Å². The fourth-order valence-electron chi connectivity index (χ4n) is 3.08. The quantitative estimate of drug-likeness (QED) is 0.763. The number of carbonyl (C=O) groups is 3. The number of hydrogen-bond acceptors (Lipinski definition) is 4. The highest BCUT2D eigenvalue weighted by molar-refractivity contribution is 6.01. The summed E-state index contributed by atoms with van der Waals surface area (Å²) in [6.45, 7) is 5.96. The summed E-state index contributed by atoms with van der Waals surface area (Å²) in [6.07, 6.45) is 0.587. The van der Waals surface area contributed by atoms with Crippen LogP contribution in [0.5, 0.6) is 0 Å². The molecule has 25 heavy (non-hydrogen) atoms. The van der Waals surface area contributed by atoms with Gasteiger partial charge >= 0.3 is 0 Å². The van der Waals surface area contributed by atoms with Crippen LogP contribution < -0.4 is 5.32 Å². The Morgan fingerprint density at radius 3 is 2.20 bits per heavy atom. The van der Waals surface area contributed by atoms with Crippen molar-refractivity contribution in [2.24, 2.45) is 5.41 Å². The van der Waals surface area contributed by atoms with Crippen molar-refractivity contribution >= 4 is 17.7 Å². The molecule has 0 bridgehead atoms. The van der Waals surface area contributed by atoms with Gasteiger partial charge in [-0.3, -0.25) is 19.3 Å². The van der Waals surface area contributed by atoms with Gasteiger partial charge in [0.25, 0.3) is 5.91 Å². The third kappa shape index (κ3) is 5.39. The van der Waals surface area contributed by atoms with Crippen LogP contribution in [0.15, 0.2) is 24.3 Å². The second-order valence-electron chi connectivity index (χ2n) is 7.66. The number of likely N-dealkylation sites (tertiary alicyclic amines) is 1. The summed E-state index contributed by atoms with van der Waals surface area (Å²) < 4.78 is 0. The van der Waals surface area contributed by atoms with Crippen LogP contribution in [0, 0.1) is 5.41 Å². The topological polar surface area (TPSA) is 69.7 Å².